The molecule has 1 aliphatic carbocycles. The maximum atomic E-state index is 10.5. The van der Waals surface area contributed by atoms with Gasteiger partial charge in [-0.3, -0.25) is 0 Å². The topological polar surface area (TPSA) is 20.2 Å². The van der Waals surface area contributed by atoms with Crippen molar-refractivity contribution in [3.8, 4) is 0 Å². The maximum Gasteiger partial charge on any atom is 0.0854 e. The lowest BCUT2D eigenvalue weighted by atomic mass is 9.76. The highest BCUT2D eigenvalue weighted by molar-refractivity contribution is 7.10. The second-order valence-corrected chi connectivity index (χ2v) is 5.93. The Kier molecular flexibility index (Phi) is 3.17. The number of hydrogen-bond acceptors (Lipinski definition) is 2. The molecule has 1 saturated carbocycles. The Bertz CT molecular complexity index is 323. The molecule has 0 aromatic carbocycles. The van der Waals surface area contributed by atoms with Crippen LogP contribution < -0.4 is 0 Å². The first-order valence-electron chi connectivity index (χ1n) is 5.91. The van der Waals surface area contributed by atoms with Gasteiger partial charge in [-0.05, 0) is 43.2 Å². The number of thiophene rings is 1. The van der Waals surface area contributed by atoms with Crippen LogP contribution in [-0.2, 0) is 0 Å². The van der Waals surface area contributed by atoms with Gasteiger partial charge in [-0.15, -0.1) is 11.3 Å². The summed E-state index contributed by atoms with van der Waals surface area (Å²) in [4.78, 5) is 1.30. The molecule has 1 aliphatic rings. The second kappa shape index (κ2) is 4.26. The average molecular weight is 224 g/mol. The van der Waals surface area contributed by atoms with Crippen LogP contribution in [0.25, 0.3) is 0 Å². The Morgan fingerprint density at radius 1 is 1.47 bits per heavy atom. The molecule has 0 spiro atoms. The third-order valence-electron chi connectivity index (χ3n) is 3.95. The fourth-order valence-electron chi connectivity index (χ4n) is 2.86. The molecular formula is C13H20OS. The van der Waals surface area contributed by atoms with Crippen LogP contribution in [-0.4, -0.2) is 5.11 Å². The van der Waals surface area contributed by atoms with Crippen LogP contribution in [0.5, 0.6) is 0 Å². The van der Waals surface area contributed by atoms with Crippen molar-refractivity contribution in [2.45, 2.75) is 52.1 Å². The Labute approximate surface area is 96.1 Å². The van der Waals surface area contributed by atoms with E-state index in [2.05, 4.69) is 25.3 Å². The normalized spacial score (nSPS) is 21.8. The lowest BCUT2D eigenvalue weighted by Gasteiger charge is -2.33. The third-order valence-corrected chi connectivity index (χ3v) is 4.83. The van der Waals surface area contributed by atoms with Gasteiger partial charge in [0.1, 0.15) is 0 Å². The standard InChI is InChI=1S/C13H20OS/c1-3-13(6-4-5-7-13)12(14)11-8-10(2)15-9-11/h8-9,12,14H,3-7H2,1-2H3. The van der Waals surface area contributed by atoms with E-state index in [1.54, 1.807) is 11.3 Å². The van der Waals surface area contributed by atoms with Gasteiger partial charge in [-0.2, -0.15) is 0 Å². The monoisotopic (exact) mass is 224 g/mol. The van der Waals surface area contributed by atoms with Crippen LogP contribution in [0.2, 0.25) is 0 Å². The maximum absolute atomic E-state index is 10.5. The van der Waals surface area contributed by atoms with Gasteiger partial charge in [0.2, 0.25) is 0 Å². The van der Waals surface area contributed by atoms with E-state index in [0.29, 0.717) is 0 Å². The predicted octanol–water partition coefficient (Wildman–Crippen LogP) is 4.06. The zero-order valence-corrected chi connectivity index (χ0v) is 10.4. The number of aliphatic hydroxyl groups excluding tert-OH is 1. The van der Waals surface area contributed by atoms with Gasteiger partial charge in [0.25, 0.3) is 0 Å². The minimum absolute atomic E-state index is 0.174. The van der Waals surface area contributed by atoms with Crippen LogP contribution in [0.1, 0.15) is 55.6 Å². The summed E-state index contributed by atoms with van der Waals surface area (Å²) in [5.74, 6) is 0. The molecule has 2 rings (SSSR count). The van der Waals surface area contributed by atoms with Gasteiger partial charge in [0.15, 0.2) is 0 Å². The molecule has 0 aliphatic heterocycles. The van der Waals surface area contributed by atoms with Crippen molar-refractivity contribution in [3.63, 3.8) is 0 Å². The molecule has 1 aromatic rings. The highest BCUT2D eigenvalue weighted by Gasteiger charge is 2.39. The molecule has 2 heteroatoms. The summed E-state index contributed by atoms with van der Waals surface area (Å²) in [5.41, 5.74) is 1.31. The van der Waals surface area contributed by atoms with Crippen molar-refractivity contribution in [2.75, 3.05) is 0 Å². The molecule has 0 amide bonds. The Hall–Kier alpha value is -0.340. The number of rotatable bonds is 3. The molecule has 15 heavy (non-hydrogen) atoms. The average Bonchev–Trinajstić information content (AvgIpc) is 2.86. The van der Waals surface area contributed by atoms with Crippen molar-refractivity contribution in [1.29, 1.82) is 0 Å². The van der Waals surface area contributed by atoms with Gasteiger partial charge in [0, 0.05) is 10.3 Å². The van der Waals surface area contributed by atoms with Crippen LogP contribution in [0.15, 0.2) is 11.4 Å². The molecule has 1 nitrogen and oxygen atoms in total. The fraction of sp³-hybridized carbons (Fsp3) is 0.692. The molecule has 84 valence electrons. The zero-order chi connectivity index (χ0) is 10.9. The Morgan fingerprint density at radius 2 is 2.13 bits per heavy atom. The SMILES string of the molecule is CCC1(C(O)c2csc(C)c2)CCCC1. The van der Waals surface area contributed by atoms with Crippen molar-refractivity contribution >= 4 is 11.3 Å². The fourth-order valence-corrected chi connectivity index (χ4v) is 3.58. The van der Waals surface area contributed by atoms with Gasteiger partial charge < -0.3 is 5.11 Å². The number of aliphatic hydroxyl groups is 1. The Balaban J connectivity index is 2.21. The molecule has 1 unspecified atom stereocenters. The largest absolute Gasteiger partial charge is 0.388 e. The number of aryl methyl sites for hydroxylation is 1. The summed E-state index contributed by atoms with van der Waals surface area (Å²) in [6.07, 6.45) is 5.82. The molecule has 1 fully saturated rings. The third kappa shape index (κ3) is 1.98. The van der Waals surface area contributed by atoms with E-state index in [9.17, 15) is 5.11 Å². The van der Waals surface area contributed by atoms with Crippen LogP contribution >= 0.6 is 11.3 Å². The molecule has 1 atom stereocenters. The molecule has 0 saturated heterocycles. The lowest BCUT2D eigenvalue weighted by molar-refractivity contribution is 0.0241. The first-order valence-corrected chi connectivity index (χ1v) is 6.79. The summed E-state index contributed by atoms with van der Waals surface area (Å²) in [6, 6.07) is 2.14. The summed E-state index contributed by atoms with van der Waals surface area (Å²) in [6.45, 7) is 4.32. The minimum atomic E-state index is -0.241. The van der Waals surface area contributed by atoms with Gasteiger partial charge in [-0.25, -0.2) is 0 Å². The van der Waals surface area contributed by atoms with E-state index < -0.39 is 0 Å². The molecule has 1 heterocycles. The summed E-state index contributed by atoms with van der Waals surface area (Å²) < 4.78 is 0. The first kappa shape index (κ1) is 11.2. The summed E-state index contributed by atoms with van der Waals surface area (Å²) in [5, 5.41) is 12.6. The van der Waals surface area contributed by atoms with Crippen molar-refractivity contribution in [2.24, 2.45) is 5.41 Å². The van der Waals surface area contributed by atoms with E-state index in [0.717, 1.165) is 12.0 Å². The van der Waals surface area contributed by atoms with Gasteiger partial charge in [0.05, 0.1) is 6.10 Å². The van der Waals surface area contributed by atoms with Crippen LogP contribution in [0.4, 0.5) is 0 Å². The van der Waals surface area contributed by atoms with E-state index in [1.807, 2.05) is 0 Å². The number of hydrogen-bond donors (Lipinski definition) is 1. The van der Waals surface area contributed by atoms with E-state index in [4.69, 9.17) is 0 Å². The Morgan fingerprint density at radius 3 is 2.60 bits per heavy atom. The molecular weight excluding hydrogens is 204 g/mol. The first-order chi connectivity index (χ1) is 7.18. The quantitative estimate of drug-likeness (QED) is 0.821. The molecule has 0 radical (unpaired) electrons. The molecule has 1 N–H and O–H groups in total. The van der Waals surface area contributed by atoms with Gasteiger partial charge >= 0.3 is 0 Å². The molecule has 0 bridgehead atoms. The van der Waals surface area contributed by atoms with Crippen LogP contribution in [0.3, 0.4) is 0 Å². The van der Waals surface area contributed by atoms with Crippen LogP contribution in [0, 0.1) is 12.3 Å². The minimum Gasteiger partial charge on any atom is -0.388 e. The second-order valence-electron chi connectivity index (χ2n) is 4.82. The lowest BCUT2D eigenvalue weighted by Crippen LogP contribution is -2.24. The highest BCUT2D eigenvalue weighted by atomic mass is 32.1. The summed E-state index contributed by atoms with van der Waals surface area (Å²) in [7, 11) is 0. The van der Waals surface area contributed by atoms with E-state index >= 15 is 0 Å². The highest BCUT2D eigenvalue weighted by Crippen LogP contribution is 2.50. The van der Waals surface area contributed by atoms with E-state index in [1.165, 1.54) is 30.6 Å². The van der Waals surface area contributed by atoms with Gasteiger partial charge in [-0.1, -0.05) is 19.8 Å². The smallest absolute Gasteiger partial charge is 0.0854 e. The van der Waals surface area contributed by atoms with Crippen molar-refractivity contribution in [3.05, 3.63) is 21.9 Å². The summed E-state index contributed by atoms with van der Waals surface area (Å²) >= 11 is 1.74. The molecule has 1 aromatic heterocycles. The van der Waals surface area contributed by atoms with E-state index in [-0.39, 0.29) is 11.5 Å². The zero-order valence-electron chi connectivity index (χ0n) is 9.62. The van der Waals surface area contributed by atoms with Crippen molar-refractivity contribution in [1.82, 2.24) is 0 Å². The van der Waals surface area contributed by atoms with Crippen molar-refractivity contribution < 1.29 is 5.11 Å². The predicted molar refractivity (Wildman–Crippen MR) is 65.2 cm³/mol.